The molecule has 0 radical (unpaired) electrons. The number of carbonyl (C=O) groups excluding carboxylic acids is 1. The number of nitrogens with one attached hydrogen (secondary N) is 1. The van der Waals surface area contributed by atoms with Crippen molar-refractivity contribution in [1.82, 2.24) is 10.3 Å². The second-order valence-electron chi connectivity index (χ2n) is 3.96. The molecule has 0 unspecified atom stereocenters. The van der Waals surface area contributed by atoms with Crippen LogP contribution in [0.5, 0.6) is 5.75 Å². The molecule has 0 saturated heterocycles. The van der Waals surface area contributed by atoms with Crippen molar-refractivity contribution in [2.45, 2.75) is 6.54 Å². The molecule has 5 nitrogen and oxygen atoms in total. The fourth-order valence-electron chi connectivity index (χ4n) is 1.73. The maximum atomic E-state index is 12.1. The number of nitrogens with two attached hydrogens (primary N) is 1. The SMILES string of the molecule is COc1cccc(N)c1C(=O)NCc1ccncc1. The van der Waals surface area contributed by atoms with Gasteiger partial charge in [0.1, 0.15) is 11.3 Å². The van der Waals surface area contributed by atoms with Crippen molar-refractivity contribution >= 4 is 11.6 Å². The lowest BCUT2D eigenvalue weighted by Gasteiger charge is -2.11. The third kappa shape index (κ3) is 3.01. The first kappa shape index (κ1) is 12.9. The van der Waals surface area contributed by atoms with Gasteiger partial charge in [0.15, 0.2) is 0 Å². The average Bonchev–Trinajstić information content (AvgIpc) is 2.45. The van der Waals surface area contributed by atoms with Gasteiger partial charge in [0.2, 0.25) is 0 Å². The van der Waals surface area contributed by atoms with Gasteiger partial charge in [-0.3, -0.25) is 9.78 Å². The van der Waals surface area contributed by atoms with Crippen LogP contribution in [-0.4, -0.2) is 18.0 Å². The van der Waals surface area contributed by atoms with E-state index >= 15 is 0 Å². The molecule has 98 valence electrons. The van der Waals surface area contributed by atoms with E-state index in [1.807, 2.05) is 12.1 Å². The first-order valence-corrected chi connectivity index (χ1v) is 5.82. The molecular weight excluding hydrogens is 242 g/mol. The van der Waals surface area contributed by atoms with Crippen LogP contribution in [0.4, 0.5) is 5.69 Å². The number of methoxy groups -OCH3 is 1. The zero-order chi connectivity index (χ0) is 13.7. The molecule has 1 aromatic heterocycles. The van der Waals surface area contributed by atoms with Crippen molar-refractivity contribution in [1.29, 1.82) is 0 Å². The number of anilines is 1. The second-order valence-corrected chi connectivity index (χ2v) is 3.96. The molecule has 1 heterocycles. The van der Waals surface area contributed by atoms with Crippen LogP contribution in [0.15, 0.2) is 42.7 Å². The van der Waals surface area contributed by atoms with Gasteiger partial charge < -0.3 is 15.8 Å². The fraction of sp³-hybridized carbons (Fsp3) is 0.143. The Balaban J connectivity index is 2.12. The molecule has 0 saturated carbocycles. The van der Waals surface area contributed by atoms with Crippen LogP contribution in [0.1, 0.15) is 15.9 Å². The van der Waals surface area contributed by atoms with Crippen LogP contribution in [-0.2, 0) is 6.54 Å². The Morgan fingerprint density at radius 3 is 2.74 bits per heavy atom. The largest absolute Gasteiger partial charge is 0.496 e. The quantitative estimate of drug-likeness (QED) is 0.816. The van der Waals surface area contributed by atoms with Crippen LogP contribution in [0, 0.1) is 0 Å². The highest BCUT2D eigenvalue weighted by atomic mass is 16.5. The summed E-state index contributed by atoms with van der Waals surface area (Å²) < 4.78 is 5.15. The third-order valence-electron chi connectivity index (χ3n) is 2.71. The number of rotatable bonds is 4. The molecule has 2 rings (SSSR count). The summed E-state index contributed by atoms with van der Waals surface area (Å²) >= 11 is 0. The van der Waals surface area contributed by atoms with Gasteiger partial charge in [0.05, 0.1) is 7.11 Å². The van der Waals surface area contributed by atoms with Gasteiger partial charge in [0.25, 0.3) is 5.91 Å². The minimum atomic E-state index is -0.258. The van der Waals surface area contributed by atoms with E-state index in [9.17, 15) is 4.79 Å². The minimum Gasteiger partial charge on any atom is -0.496 e. The van der Waals surface area contributed by atoms with E-state index in [0.717, 1.165) is 5.56 Å². The number of carbonyl (C=O) groups is 1. The molecule has 0 aliphatic rings. The maximum Gasteiger partial charge on any atom is 0.257 e. The lowest BCUT2D eigenvalue weighted by Crippen LogP contribution is -2.24. The molecule has 2 aromatic rings. The van der Waals surface area contributed by atoms with Crippen LogP contribution < -0.4 is 15.8 Å². The van der Waals surface area contributed by atoms with Crippen molar-refractivity contribution < 1.29 is 9.53 Å². The fourth-order valence-corrected chi connectivity index (χ4v) is 1.73. The van der Waals surface area contributed by atoms with Crippen molar-refractivity contribution in [3.63, 3.8) is 0 Å². The molecule has 0 aliphatic carbocycles. The van der Waals surface area contributed by atoms with Crippen LogP contribution in [0.25, 0.3) is 0 Å². The highest BCUT2D eigenvalue weighted by molar-refractivity contribution is 6.01. The lowest BCUT2D eigenvalue weighted by atomic mass is 10.1. The van der Waals surface area contributed by atoms with Gasteiger partial charge in [-0.25, -0.2) is 0 Å². The normalized spacial score (nSPS) is 9.95. The Kier molecular flexibility index (Phi) is 3.97. The summed E-state index contributed by atoms with van der Waals surface area (Å²) in [5.41, 5.74) is 7.54. The van der Waals surface area contributed by atoms with Gasteiger partial charge in [-0.05, 0) is 29.8 Å². The van der Waals surface area contributed by atoms with Crippen molar-refractivity contribution in [3.05, 3.63) is 53.9 Å². The molecule has 0 spiro atoms. The Labute approximate surface area is 111 Å². The topological polar surface area (TPSA) is 77.2 Å². The van der Waals surface area contributed by atoms with Gasteiger partial charge in [-0.15, -0.1) is 0 Å². The number of pyridine rings is 1. The van der Waals surface area contributed by atoms with Crippen molar-refractivity contribution in [2.24, 2.45) is 0 Å². The molecule has 5 heteroatoms. The number of nitrogen functional groups attached to an aromatic ring is 1. The number of hydrogen-bond donors (Lipinski definition) is 2. The van der Waals surface area contributed by atoms with Gasteiger partial charge in [-0.2, -0.15) is 0 Å². The zero-order valence-corrected chi connectivity index (χ0v) is 10.6. The molecule has 1 aromatic carbocycles. The maximum absolute atomic E-state index is 12.1. The Morgan fingerprint density at radius 2 is 2.05 bits per heavy atom. The number of ether oxygens (including phenoxy) is 1. The molecule has 0 fully saturated rings. The predicted octanol–water partition coefficient (Wildman–Crippen LogP) is 1.60. The lowest BCUT2D eigenvalue weighted by molar-refractivity contribution is 0.0949. The molecule has 0 atom stereocenters. The first-order valence-electron chi connectivity index (χ1n) is 5.82. The molecule has 0 bridgehead atoms. The van der Waals surface area contributed by atoms with Gasteiger partial charge in [0, 0.05) is 24.6 Å². The zero-order valence-electron chi connectivity index (χ0n) is 10.6. The number of benzene rings is 1. The molecule has 1 amide bonds. The summed E-state index contributed by atoms with van der Waals surface area (Å²) in [6, 6.07) is 8.80. The standard InChI is InChI=1S/C14H15N3O2/c1-19-12-4-2-3-11(15)13(12)14(18)17-9-10-5-7-16-8-6-10/h2-8H,9,15H2,1H3,(H,17,18). The minimum absolute atomic E-state index is 0.258. The van der Waals surface area contributed by atoms with E-state index in [4.69, 9.17) is 10.5 Å². The summed E-state index contributed by atoms with van der Waals surface area (Å²) in [5.74, 6) is 0.207. The van der Waals surface area contributed by atoms with E-state index in [-0.39, 0.29) is 5.91 Å². The average molecular weight is 257 g/mol. The summed E-state index contributed by atoms with van der Waals surface area (Å²) in [6.45, 7) is 0.416. The van der Waals surface area contributed by atoms with Gasteiger partial charge >= 0.3 is 0 Å². The van der Waals surface area contributed by atoms with E-state index in [1.54, 1.807) is 30.6 Å². The predicted molar refractivity (Wildman–Crippen MR) is 72.8 cm³/mol. The van der Waals surface area contributed by atoms with Crippen LogP contribution >= 0.6 is 0 Å². The second kappa shape index (κ2) is 5.86. The summed E-state index contributed by atoms with van der Waals surface area (Å²) in [4.78, 5) is 16.1. The highest BCUT2D eigenvalue weighted by Gasteiger charge is 2.15. The third-order valence-corrected chi connectivity index (χ3v) is 2.71. The van der Waals surface area contributed by atoms with Crippen LogP contribution in [0.2, 0.25) is 0 Å². The Morgan fingerprint density at radius 1 is 1.32 bits per heavy atom. The van der Waals surface area contributed by atoms with Gasteiger partial charge in [-0.1, -0.05) is 6.07 Å². The number of amides is 1. The Bertz CT molecular complexity index is 570. The number of aromatic nitrogens is 1. The molecule has 3 N–H and O–H groups in total. The van der Waals surface area contributed by atoms with E-state index in [0.29, 0.717) is 23.5 Å². The van der Waals surface area contributed by atoms with E-state index < -0.39 is 0 Å². The number of hydrogen-bond acceptors (Lipinski definition) is 4. The van der Waals surface area contributed by atoms with E-state index in [2.05, 4.69) is 10.3 Å². The summed E-state index contributed by atoms with van der Waals surface area (Å²) in [6.07, 6.45) is 3.36. The smallest absolute Gasteiger partial charge is 0.257 e. The summed E-state index contributed by atoms with van der Waals surface area (Å²) in [7, 11) is 1.51. The van der Waals surface area contributed by atoms with E-state index in [1.165, 1.54) is 7.11 Å². The molecule has 0 aliphatic heterocycles. The van der Waals surface area contributed by atoms with Crippen molar-refractivity contribution in [2.75, 3.05) is 12.8 Å². The molecule has 19 heavy (non-hydrogen) atoms. The first-order chi connectivity index (χ1) is 9.22. The number of nitrogens with zero attached hydrogens (tertiary/aromatic N) is 1. The summed E-state index contributed by atoms with van der Waals surface area (Å²) in [5, 5.41) is 2.80. The highest BCUT2D eigenvalue weighted by Crippen LogP contribution is 2.23. The monoisotopic (exact) mass is 257 g/mol. The van der Waals surface area contributed by atoms with Crippen molar-refractivity contribution in [3.8, 4) is 5.75 Å². The Hall–Kier alpha value is -2.56. The molecular formula is C14H15N3O2. The van der Waals surface area contributed by atoms with Crippen LogP contribution in [0.3, 0.4) is 0 Å².